The minimum absolute atomic E-state index is 0.619. The molecule has 2 aliphatic rings. The highest BCUT2D eigenvalue weighted by molar-refractivity contribution is 5.86. The van der Waals surface area contributed by atoms with Crippen LogP contribution in [0.1, 0.15) is 82.3 Å². The maximum absolute atomic E-state index is 12.7. The number of nitrogens with zero attached hydrogens (tertiary/aromatic N) is 1. The molecule has 0 spiro atoms. The molecule has 0 amide bonds. The van der Waals surface area contributed by atoms with Crippen LogP contribution in [0.3, 0.4) is 0 Å². The zero-order valence-electron chi connectivity index (χ0n) is 19.2. The van der Waals surface area contributed by atoms with Crippen molar-refractivity contribution in [2.75, 3.05) is 0 Å². The second kappa shape index (κ2) is 9.90. The van der Waals surface area contributed by atoms with Gasteiger partial charge < -0.3 is 5.11 Å². The van der Waals surface area contributed by atoms with Gasteiger partial charge in [-0.05, 0) is 85.1 Å². The van der Waals surface area contributed by atoms with Gasteiger partial charge >= 0.3 is 5.97 Å². The first kappa shape index (κ1) is 22.6. The highest BCUT2D eigenvalue weighted by Crippen LogP contribution is 2.49. The fourth-order valence-electron chi connectivity index (χ4n) is 6.44. The van der Waals surface area contributed by atoms with Crippen LogP contribution in [0.15, 0.2) is 48.5 Å². The predicted octanol–water partition coefficient (Wildman–Crippen LogP) is 7.34. The molecule has 168 valence electrons. The minimum Gasteiger partial charge on any atom is -0.481 e. The third-order valence-electron chi connectivity index (χ3n) is 8.32. The van der Waals surface area contributed by atoms with Crippen LogP contribution in [-0.2, 0) is 10.2 Å². The van der Waals surface area contributed by atoms with Crippen molar-refractivity contribution in [2.24, 2.45) is 17.8 Å². The summed E-state index contributed by atoms with van der Waals surface area (Å²) in [7, 11) is 0. The van der Waals surface area contributed by atoms with Crippen molar-refractivity contribution in [3.05, 3.63) is 59.7 Å². The number of rotatable bonds is 6. The molecular formula is C29H35NO2. The molecule has 2 aromatic rings. The lowest BCUT2D eigenvalue weighted by atomic mass is 9.61. The summed E-state index contributed by atoms with van der Waals surface area (Å²) in [5, 5.41) is 19.6. The molecule has 3 nitrogen and oxygen atoms in total. The Hall–Kier alpha value is -2.60. The first-order chi connectivity index (χ1) is 15.6. The van der Waals surface area contributed by atoms with Crippen LogP contribution in [0.4, 0.5) is 0 Å². The molecule has 0 bridgehead atoms. The van der Waals surface area contributed by atoms with E-state index in [-0.39, 0.29) is 0 Å². The van der Waals surface area contributed by atoms with E-state index >= 15 is 0 Å². The summed E-state index contributed by atoms with van der Waals surface area (Å²) < 4.78 is 0. The molecule has 0 atom stereocenters. The van der Waals surface area contributed by atoms with Crippen LogP contribution in [0, 0.1) is 29.1 Å². The summed E-state index contributed by atoms with van der Waals surface area (Å²) in [6.45, 7) is 2.29. The normalized spacial score (nSPS) is 28.1. The zero-order valence-corrected chi connectivity index (χ0v) is 19.2. The van der Waals surface area contributed by atoms with Gasteiger partial charge in [-0.15, -0.1) is 0 Å². The Morgan fingerprint density at radius 3 is 2.19 bits per heavy atom. The van der Waals surface area contributed by atoms with E-state index in [0.717, 1.165) is 54.2 Å². The smallest absolute Gasteiger partial charge is 0.314 e. The second-order valence-corrected chi connectivity index (χ2v) is 10.0. The van der Waals surface area contributed by atoms with E-state index in [2.05, 4.69) is 13.0 Å². The van der Waals surface area contributed by atoms with Crippen LogP contribution in [0.25, 0.3) is 11.1 Å². The van der Waals surface area contributed by atoms with Crippen molar-refractivity contribution in [1.29, 1.82) is 5.26 Å². The first-order valence-corrected chi connectivity index (χ1v) is 12.4. The Balaban J connectivity index is 1.54. The molecule has 32 heavy (non-hydrogen) atoms. The Labute approximate surface area is 192 Å². The molecule has 2 fully saturated rings. The van der Waals surface area contributed by atoms with E-state index in [0.29, 0.717) is 11.5 Å². The van der Waals surface area contributed by atoms with Crippen LogP contribution in [-0.4, -0.2) is 11.1 Å². The van der Waals surface area contributed by atoms with Crippen LogP contribution < -0.4 is 0 Å². The van der Waals surface area contributed by atoms with Crippen LogP contribution in [0.5, 0.6) is 0 Å². The van der Waals surface area contributed by atoms with E-state index in [4.69, 9.17) is 5.26 Å². The van der Waals surface area contributed by atoms with Gasteiger partial charge in [0.1, 0.15) is 0 Å². The standard InChI is InChI=1S/C29H35NO2/c1-2-5-21-8-12-23(13-9-21)24-16-18-29(19-17-24,28(31)32)27-7-4-3-6-26(27)25-14-10-22(20-30)11-15-25/h3-4,6-7,10-11,14-15,21,23-24H,2,5,8-9,12-13,16-19H2,1H3,(H,31,32). The number of carboxylic acid groups (broad SMARTS) is 1. The predicted molar refractivity (Wildman–Crippen MR) is 128 cm³/mol. The van der Waals surface area contributed by atoms with Crippen molar-refractivity contribution in [3.8, 4) is 17.2 Å². The monoisotopic (exact) mass is 429 g/mol. The van der Waals surface area contributed by atoms with Crippen molar-refractivity contribution in [3.63, 3.8) is 0 Å². The SMILES string of the molecule is CCCC1CCC(C2CCC(C(=O)O)(c3ccccc3-c3ccc(C#N)cc3)CC2)CC1. The van der Waals surface area contributed by atoms with Crippen molar-refractivity contribution in [1.82, 2.24) is 0 Å². The molecule has 2 aliphatic carbocycles. The molecule has 0 saturated heterocycles. The fraction of sp³-hybridized carbons (Fsp3) is 0.517. The summed E-state index contributed by atoms with van der Waals surface area (Å²) in [6.07, 6.45) is 11.5. The van der Waals surface area contributed by atoms with Crippen molar-refractivity contribution in [2.45, 2.75) is 76.5 Å². The van der Waals surface area contributed by atoms with Gasteiger partial charge in [-0.2, -0.15) is 5.26 Å². The van der Waals surface area contributed by atoms with Gasteiger partial charge in [-0.25, -0.2) is 0 Å². The largest absolute Gasteiger partial charge is 0.481 e. The van der Waals surface area contributed by atoms with E-state index in [1.165, 1.54) is 38.5 Å². The Morgan fingerprint density at radius 1 is 0.969 bits per heavy atom. The highest BCUT2D eigenvalue weighted by atomic mass is 16.4. The molecule has 3 heteroatoms. The second-order valence-electron chi connectivity index (χ2n) is 10.0. The maximum Gasteiger partial charge on any atom is 0.314 e. The Bertz CT molecular complexity index is 955. The van der Waals surface area contributed by atoms with Gasteiger partial charge in [0, 0.05) is 0 Å². The lowest BCUT2D eigenvalue weighted by molar-refractivity contribution is -0.146. The van der Waals surface area contributed by atoms with Gasteiger partial charge in [-0.3, -0.25) is 4.79 Å². The molecule has 2 aromatic carbocycles. The van der Waals surface area contributed by atoms with E-state index in [9.17, 15) is 9.90 Å². The number of hydrogen-bond acceptors (Lipinski definition) is 2. The topological polar surface area (TPSA) is 61.1 Å². The number of nitriles is 1. The summed E-state index contributed by atoms with van der Waals surface area (Å²) in [5.74, 6) is 1.68. The summed E-state index contributed by atoms with van der Waals surface area (Å²) >= 11 is 0. The molecular weight excluding hydrogens is 394 g/mol. The molecule has 0 aromatic heterocycles. The molecule has 0 heterocycles. The van der Waals surface area contributed by atoms with E-state index < -0.39 is 11.4 Å². The van der Waals surface area contributed by atoms with Gasteiger partial charge in [-0.1, -0.05) is 69.0 Å². The molecule has 0 aliphatic heterocycles. The van der Waals surface area contributed by atoms with E-state index in [1.807, 2.05) is 48.5 Å². The third-order valence-corrected chi connectivity index (χ3v) is 8.32. The molecule has 0 unspecified atom stereocenters. The lowest BCUT2D eigenvalue weighted by Crippen LogP contribution is -2.41. The van der Waals surface area contributed by atoms with Gasteiger partial charge in [0.25, 0.3) is 0 Å². The lowest BCUT2D eigenvalue weighted by Gasteiger charge is -2.42. The van der Waals surface area contributed by atoms with Gasteiger partial charge in [0.2, 0.25) is 0 Å². The number of aliphatic carboxylic acids is 1. The number of benzene rings is 2. The first-order valence-electron chi connectivity index (χ1n) is 12.4. The number of carbonyl (C=O) groups is 1. The molecule has 4 rings (SSSR count). The molecule has 1 N–H and O–H groups in total. The van der Waals surface area contributed by atoms with Crippen molar-refractivity contribution < 1.29 is 9.90 Å². The maximum atomic E-state index is 12.7. The summed E-state index contributed by atoms with van der Waals surface area (Å²) in [4.78, 5) is 12.7. The Kier molecular flexibility index (Phi) is 6.99. The van der Waals surface area contributed by atoms with Crippen LogP contribution in [0.2, 0.25) is 0 Å². The quantitative estimate of drug-likeness (QED) is 0.522. The van der Waals surface area contributed by atoms with E-state index in [1.54, 1.807) is 0 Å². The summed E-state index contributed by atoms with van der Waals surface area (Å²) in [6, 6.07) is 17.6. The Morgan fingerprint density at radius 2 is 1.59 bits per heavy atom. The minimum atomic E-state index is -0.819. The average molecular weight is 430 g/mol. The van der Waals surface area contributed by atoms with Gasteiger partial charge in [0.15, 0.2) is 0 Å². The third kappa shape index (κ3) is 4.46. The fourth-order valence-corrected chi connectivity index (χ4v) is 6.44. The molecule has 0 radical (unpaired) electrons. The number of carboxylic acids is 1. The average Bonchev–Trinajstić information content (AvgIpc) is 2.85. The highest BCUT2D eigenvalue weighted by Gasteiger charge is 2.46. The number of hydrogen-bond donors (Lipinski definition) is 1. The zero-order chi connectivity index (χ0) is 22.6. The van der Waals surface area contributed by atoms with Crippen LogP contribution >= 0.6 is 0 Å². The summed E-state index contributed by atoms with van der Waals surface area (Å²) in [5.41, 5.74) is 2.70. The van der Waals surface area contributed by atoms with Crippen molar-refractivity contribution >= 4 is 5.97 Å². The molecule has 2 saturated carbocycles. The van der Waals surface area contributed by atoms with Gasteiger partial charge in [0.05, 0.1) is 17.0 Å².